The van der Waals surface area contributed by atoms with Crippen LogP contribution in [0.15, 0.2) is 78.9 Å². The number of amides is 3. The molecule has 3 aromatic rings. The number of carbonyl (C=O) groups excluding carboxylic acids is 3. The molecule has 0 aliphatic carbocycles. The molecule has 3 aromatic carbocycles. The number of nitrogens with one attached hydrogen (secondary N) is 2. The van der Waals surface area contributed by atoms with Crippen LogP contribution in [0.1, 0.15) is 35.6 Å². The molecule has 1 aliphatic heterocycles. The van der Waals surface area contributed by atoms with E-state index in [4.69, 9.17) is 9.47 Å². The maximum atomic E-state index is 13.4. The molecule has 0 spiro atoms. The highest BCUT2D eigenvalue weighted by Gasteiger charge is 2.37. The number of hydrogen-bond acceptors (Lipinski definition) is 5. The van der Waals surface area contributed by atoms with Crippen molar-refractivity contribution >= 4 is 23.6 Å². The van der Waals surface area contributed by atoms with Crippen molar-refractivity contribution in [1.82, 2.24) is 10.2 Å². The van der Waals surface area contributed by atoms with Crippen LogP contribution in [-0.4, -0.2) is 42.5 Å². The first-order valence-electron chi connectivity index (χ1n) is 12.2. The Hall–Kier alpha value is -4.33. The summed E-state index contributed by atoms with van der Waals surface area (Å²) >= 11 is 0. The van der Waals surface area contributed by atoms with Crippen molar-refractivity contribution in [2.45, 2.75) is 38.5 Å². The molecule has 0 bridgehead atoms. The smallest absolute Gasteiger partial charge is 0.410 e. The lowest BCUT2D eigenvalue weighted by Gasteiger charge is -2.26. The van der Waals surface area contributed by atoms with E-state index in [9.17, 15) is 14.4 Å². The number of ether oxygens (including phenoxy) is 2. The molecular weight excluding hydrogens is 470 g/mol. The van der Waals surface area contributed by atoms with Gasteiger partial charge in [0.25, 0.3) is 5.91 Å². The largest absolute Gasteiger partial charge is 0.497 e. The summed E-state index contributed by atoms with van der Waals surface area (Å²) in [7, 11) is 1.57. The average Bonchev–Trinajstić information content (AvgIpc) is 3.42. The predicted octanol–water partition coefficient (Wildman–Crippen LogP) is 4.60. The second kappa shape index (κ2) is 12.1. The predicted molar refractivity (Wildman–Crippen MR) is 140 cm³/mol. The number of anilines is 1. The molecule has 1 saturated heterocycles. The van der Waals surface area contributed by atoms with Crippen molar-refractivity contribution in [2.24, 2.45) is 0 Å². The van der Waals surface area contributed by atoms with Crippen molar-refractivity contribution < 1.29 is 23.9 Å². The number of benzene rings is 3. The van der Waals surface area contributed by atoms with Gasteiger partial charge in [0.05, 0.1) is 7.11 Å². The SMILES string of the molecule is COc1ccc(NC(=O)[C@H](NC(=O)[C@H]2CCCN2C(=O)OCc2ccccc2)c2ccc(C)cc2)cc1. The van der Waals surface area contributed by atoms with Gasteiger partial charge in [-0.1, -0.05) is 60.2 Å². The standard InChI is InChI=1S/C29H31N3O5/c1-20-10-12-22(13-11-20)26(28(34)30-23-14-16-24(36-2)17-15-23)31-27(33)25-9-6-18-32(25)29(35)37-19-21-7-4-3-5-8-21/h3-5,7-8,10-17,25-26H,6,9,18-19H2,1-2H3,(H,30,34)(H,31,33)/t25-,26-/m1/s1. The number of nitrogens with zero attached hydrogens (tertiary/aromatic N) is 1. The first-order valence-corrected chi connectivity index (χ1v) is 12.2. The van der Waals surface area contributed by atoms with Gasteiger partial charge in [0.15, 0.2) is 0 Å². The Balaban J connectivity index is 1.46. The monoisotopic (exact) mass is 501 g/mol. The van der Waals surface area contributed by atoms with E-state index in [2.05, 4.69) is 10.6 Å². The molecule has 192 valence electrons. The summed E-state index contributed by atoms with van der Waals surface area (Å²) in [6, 6.07) is 22.1. The van der Waals surface area contributed by atoms with Gasteiger partial charge in [-0.15, -0.1) is 0 Å². The van der Waals surface area contributed by atoms with Crippen LogP contribution < -0.4 is 15.4 Å². The van der Waals surface area contributed by atoms with Gasteiger partial charge < -0.3 is 20.1 Å². The van der Waals surface area contributed by atoms with Crippen LogP contribution in [0, 0.1) is 6.92 Å². The molecule has 0 aromatic heterocycles. The van der Waals surface area contributed by atoms with Gasteiger partial charge in [0, 0.05) is 12.2 Å². The quantitative estimate of drug-likeness (QED) is 0.470. The number of rotatable bonds is 8. The van der Waals surface area contributed by atoms with E-state index in [1.54, 1.807) is 31.4 Å². The van der Waals surface area contributed by atoms with Crippen LogP contribution in [0.25, 0.3) is 0 Å². The summed E-state index contributed by atoms with van der Waals surface area (Å²) < 4.78 is 10.6. The van der Waals surface area contributed by atoms with Gasteiger partial charge in [-0.05, 0) is 55.2 Å². The summed E-state index contributed by atoms with van der Waals surface area (Å²) in [5, 5.41) is 5.73. The van der Waals surface area contributed by atoms with Crippen molar-refractivity contribution in [1.29, 1.82) is 0 Å². The van der Waals surface area contributed by atoms with Gasteiger partial charge in [0.2, 0.25) is 5.91 Å². The minimum atomic E-state index is -0.946. The zero-order valence-corrected chi connectivity index (χ0v) is 21.0. The second-order valence-electron chi connectivity index (χ2n) is 8.96. The lowest BCUT2D eigenvalue weighted by molar-refractivity contribution is -0.129. The van der Waals surface area contributed by atoms with Crippen molar-refractivity contribution in [3.05, 3.63) is 95.6 Å². The first-order chi connectivity index (χ1) is 17.9. The molecule has 0 radical (unpaired) electrons. The van der Waals surface area contributed by atoms with E-state index in [1.807, 2.05) is 61.5 Å². The Morgan fingerprint density at radius 2 is 1.68 bits per heavy atom. The third-order valence-electron chi connectivity index (χ3n) is 6.31. The van der Waals surface area contributed by atoms with Gasteiger partial charge >= 0.3 is 6.09 Å². The van der Waals surface area contributed by atoms with E-state index >= 15 is 0 Å². The van der Waals surface area contributed by atoms with Gasteiger partial charge in [-0.3, -0.25) is 14.5 Å². The van der Waals surface area contributed by atoms with Gasteiger partial charge in [-0.2, -0.15) is 0 Å². The maximum absolute atomic E-state index is 13.4. The Kier molecular flexibility index (Phi) is 8.40. The molecule has 4 rings (SSSR count). The third kappa shape index (κ3) is 6.67. The molecule has 37 heavy (non-hydrogen) atoms. The molecule has 8 nitrogen and oxygen atoms in total. The van der Waals surface area contributed by atoms with Crippen molar-refractivity contribution in [3.8, 4) is 5.75 Å². The van der Waals surface area contributed by atoms with E-state index in [0.717, 1.165) is 11.1 Å². The molecule has 1 fully saturated rings. The Morgan fingerprint density at radius 1 is 0.973 bits per heavy atom. The molecule has 1 aliphatic rings. The zero-order chi connectivity index (χ0) is 26.2. The highest BCUT2D eigenvalue weighted by atomic mass is 16.6. The zero-order valence-electron chi connectivity index (χ0n) is 21.0. The maximum Gasteiger partial charge on any atom is 0.410 e. The fraction of sp³-hybridized carbons (Fsp3) is 0.276. The summed E-state index contributed by atoms with van der Waals surface area (Å²) in [4.78, 5) is 40.9. The molecule has 8 heteroatoms. The molecule has 0 saturated carbocycles. The molecule has 2 atom stereocenters. The molecule has 2 N–H and O–H groups in total. The number of aryl methyl sites for hydroxylation is 1. The normalized spacial score (nSPS) is 15.5. The second-order valence-corrected chi connectivity index (χ2v) is 8.96. The third-order valence-corrected chi connectivity index (χ3v) is 6.31. The van der Waals surface area contributed by atoms with Crippen LogP contribution >= 0.6 is 0 Å². The number of hydrogen-bond donors (Lipinski definition) is 2. The summed E-state index contributed by atoms with van der Waals surface area (Å²) in [5.41, 5.74) is 3.11. The summed E-state index contributed by atoms with van der Waals surface area (Å²) in [6.07, 6.45) is 0.620. The Labute approximate surface area is 216 Å². The van der Waals surface area contributed by atoms with Gasteiger partial charge in [-0.25, -0.2) is 4.79 Å². The van der Waals surface area contributed by atoms with Crippen LogP contribution in [0.2, 0.25) is 0 Å². The number of likely N-dealkylation sites (tertiary alicyclic amines) is 1. The highest BCUT2D eigenvalue weighted by molar-refractivity contribution is 5.99. The number of carbonyl (C=O) groups is 3. The molecule has 3 amide bonds. The van der Waals surface area contributed by atoms with Crippen molar-refractivity contribution in [3.63, 3.8) is 0 Å². The fourth-order valence-corrected chi connectivity index (χ4v) is 4.25. The molecule has 0 unspecified atom stereocenters. The van der Waals surface area contributed by atoms with E-state index in [0.29, 0.717) is 36.4 Å². The topological polar surface area (TPSA) is 97.0 Å². The summed E-state index contributed by atoms with van der Waals surface area (Å²) in [5.74, 6) is -0.120. The van der Waals surface area contributed by atoms with Crippen LogP contribution in [-0.2, 0) is 20.9 Å². The van der Waals surface area contributed by atoms with E-state index < -0.39 is 30.0 Å². The highest BCUT2D eigenvalue weighted by Crippen LogP contribution is 2.23. The first kappa shape index (κ1) is 25.8. The Bertz CT molecular complexity index is 1210. The van der Waals surface area contributed by atoms with Crippen LogP contribution in [0.4, 0.5) is 10.5 Å². The fourth-order valence-electron chi connectivity index (χ4n) is 4.25. The van der Waals surface area contributed by atoms with Crippen LogP contribution in [0.3, 0.4) is 0 Å². The average molecular weight is 502 g/mol. The molecule has 1 heterocycles. The minimum Gasteiger partial charge on any atom is -0.497 e. The van der Waals surface area contributed by atoms with Gasteiger partial charge in [0.1, 0.15) is 24.4 Å². The van der Waals surface area contributed by atoms with E-state index in [1.165, 1.54) is 4.90 Å². The van der Waals surface area contributed by atoms with E-state index in [-0.39, 0.29) is 6.61 Å². The molecular formula is C29H31N3O5. The summed E-state index contributed by atoms with van der Waals surface area (Å²) in [6.45, 7) is 2.49. The lowest BCUT2D eigenvalue weighted by Crippen LogP contribution is -2.48. The van der Waals surface area contributed by atoms with Crippen LogP contribution in [0.5, 0.6) is 5.75 Å². The van der Waals surface area contributed by atoms with Crippen molar-refractivity contribution in [2.75, 3.05) is 19.0 Å². The lowest BCUT2D eigenvalue weighted by atomic mass is 10.0. The Morgan fingerprint density at radius 3 is 2.35 bits per heavy atom. The number of methoxy groups -OCH3 is 1. The minimum absolute atomic E-state index is 0.126.